The van der Waals surface area contributed by atoms with E-state index in [1.54, 1.807) is 88.4 Å². The van der Waals surface area contributed by atoms with Gasteiger partial charge in [0.15, 0.2) is 0 Å². The summed E-state index contributed by atoms with van der Waals surface area (Å²) in [6, 6.07) is -0.408. The molecular formula is C87H140N20O14. The predicted molar refractivity (Wildman–Crippen MR) is 457 cm³/mol. The Morgan fingerprint density at radius 3 is 0.901 bits per heavy atom. The smallest absolute Gasteiger partial charge is 0.246 e. The Morgan fingerprint density at radius 2 is 0.595 bits per heavy atom. The monoisotopic (exact) mass is 1690 g/mol. The molecule has 14 amide bonds. The van der Waals surface area contributed by atoms with Crippen LogP contribution >= 0.6 is 0 Å². The van der Waals surface area contributed by atoms with Crippen molar-refractivity contribution in [3.05, 3.63) is 71.8 Å². The maximum Gasteiger partial charge on any atom is 0.246 e. The molecule has 3 saturated heterocycles. The van der Waals surface area contributed by atoms with Crippen molar-refractivity contribution < 1.29 is 67.1 Å². The molecule has 0 radical (unpaired) electrons. The zero-order valence-corrected chi connectivity index (χ0v) is 71.9. The summed E-state index contributed by atoms with van der Waals surface area (Å²) < 4.78 is 0. The highest BCUT2D eigenvalue weighted by Gasteiger charge is 2.53. The molecule has 121 heavy (non-hydrogen) atoms. The van der Waals surface area contributed by atoms with Gasteiger partial charge < -0.3 is 108 Å². The maximum atomic E-state index is 15.6. The highest BCUT2D eigenvalue weighted by molar-refractivity contribution is 6.01. The molecule has 4 bridgehead atoms. The summed E-state index contributed by atoms with van der Waals surface area (Å²) in [6.45, 7) is 11.2. The fourth-order valence-electron chi connectivity index (χ4n) is 18.8. The first-order chi connectivity index (χ1) is 57.9. The number of carbonyl (C=O) groups is 14. The fourth-order valence-corrected chi connectivity index (χ4v) is 18.8. The van der Waals surface area contributed by atoms with Crippen LogP contribution in [-0.2, 0) is 80.0 Å². The van der Waals surface area contributed by atoms with Gasteiger partial charge in [0.25, 0.3) is 0 Å². The Hall–Kier alpha value is -9.22. The second-order valence-corrected chi connectivity index (χ2v) is 35.7. The zero-order chi connectivity index (χ0) is 88.0. The number of rotatable bonds is 28. The van der Waals surface area contributed by atoms with Crippen LogP contribution in [0.1, 0.15) is 207 Å². The summed E-state index contributed by atoms with van der Waals surface area (Å²) in [5.74, 6) is -10.5. The van der Waals surface area contributed by atoms with Crippen molar-refractivity contribution in [2.24, 2.45) is 75.3 Å². The molecule has 672 valence electrons. The van der Waals surface area contributed by atoms with Gasteiger partial charge in [0.05, 0.1) is 0 Å². The standard InChI is InChI=1S/C87H140N20O14/c1-51(2)41-65-79(114)94-59(25-13-33-88)74(109)101-66(45-54-21-9-7-10-22-54)85(120)106-39-19-31-69(106)81(116)97-64(30-18-38-93)78(113)105-72(53(5)6)84(119)99-62(28-16-36-91)76(111)103-68(50-87-47-56-42-57(48-87)44-58(43-56)49-87)80(115)95-60(26-14-34-89)75(110)102-67(46-55-23-11-8-12-24-55)86(121)107-40-20-32-70(107)82(117)96-63(29-17-37-92)77(112)104-71(52(3)4)83(118)98-61(27-15-35-90)73(108)100-65/h7-12,21-24,51-53,56-72H,13-20,25-50,88-93H2,1-6H3,(H,94,114)(H,95,115)(H,96,117)(H,97,116)(H,98,118)(H,99,119)(H,100,108)(H,101,109)(H,102,110)(H,103,111)(H,104,112)(H,105,113)/t56?,57?,58?,59-,60-,61-,62-,63-,64-,65-,66+,67+,68-,69-,70-,71-,72-,87?/m0/s1. The van der Waals surface area contributed by atoms with E-state index < -0.39 is 179 Å². The predicted octanol–water partition coefficient (Wildman–Crippen LogP) is -0.317. The van der Waals surface area contributed by atoms with Gasteiger partial charge in [-0.3, -0.25) is 67.1 Å². The van der Waals surface area contributed by atoms with Gasteiger partial charge in [0, 0.05) is 25.9 Å². The lowest BCUT2D eigenvalue weighted by Gasteiger charge is -2.57. The third-order valence-corrected chi connectivity index (χ3v) is 24.7. The quantitative estimate of drug-likeness (QED) is 0.0519. The first-order valence-electron chi connectivity index (χ1n) is 44.5. The van der Waals surface area contributed by atoms with E-state index >= 15 is 24.0 Å². The number of nitrogens with zero attached hydrogens (tertiary/aromatic N) is 2. The van der Waals surface area contributed by atoms with Gasteiger partial charge in [0.1, 0.15) is 84.6 Å². The Morgan fingerprint density at radius 1 is 0.331 bits per heavy atom. The number of hydrogen-bond acceptors (Lipinski definition) is 20. The van der Waals surface area contributed by atoms with Crippen LogP contribution in [0, 0.1) is 40.9 Å². The van der Waals surface area contributed by atoms with Crippen molar-refractivity contribution in [1.29, 1.82) is 0 Å². The summed E-state index contributed by atoms with van der Waals surface area (Å²) in [5, 5.41) is 34.5. The first-order valence-corrected chi connectivity index (χ1v) is 44.5. The zero-order valence-electron chi connectivity index (χ0n) is 71.9. The van der Waals surface area contributed by atoms with E-state index in [-0.39, 0.29) is 179 Å². The minimum atomic E-state index is -1.34. The van der Waals surface area contributed by atoms with Crippen molar-refractivity contribution in [3.8, 4) is 0 Å². The minimum Gasteiger partial charge on any atom is -0.343 e. The minimum absolute atomic E-state index is 0.000180. The molecule has 0 spiro atoms. The van der Waals surface area contributed by atoms with E-state index in [0.717, 1.165) is 38.5 Å². The Balaban J connectivity index is 1.17. The molecular weight excluding hydrogens is 1550 g/mol. The summed E-state index contributed by atoms with van der Waals surface area (Å²) >= 11 is 0. The molecule has 24 N–H and O–H groups in total. The number of nitrogens with two attached hydrogens (primary N) is 6. The van der Waals surface area contributed by atoms with Crippen LogP contribution < -0.4 is 98.2 Å². The third kappa shape index (κ3) is 28.4. The van der Waals surface area contributed by atoms with Crippen LogP contribution in [0.15, 0.2) is 60.7 Å². The summed E-state index contributed by atoms with van der Waals surface area (Å²) in [6.07, 6.45) is 8.20. The third-order valence-electron chi connectivity index (χ3n) is 24.7. The van der Waals surface area contributed by atoms with Crippen LogP contribution in [0.4, 0.5) is 0 Å². The lowest BCUT2D eigenvalue weighted by atomic mass is 9.48. The molecule has 34 heteroatoms. The number of benzene rings is 2. The molecule has 9 rings (SSSR count). The van der Waals surface area contributed by atoms with Crippen molar-refractivity contribution in [1.82, 2.24) is 73.6 Å². The van der Waals surface area contributed by atoms with Crippen molar-refractivity contribution in [3.63, 3.8) is 0 Å². The van der Waals surface area contributed by atoms with E-state index in [4.69, 9.17) is 34.4 Å². The lowest BCUT2D eigenvalue weighted by Crippen LogP contribution is -2.62. The van der Waals surface area contributed by atoms with Crippen LogP contribution in [0.2, 0.25) is 0 Å². The van der Waals surface area contributed by atoms with Crippen LogP contribution in [0.25, 0.3) is 0 Å². The van der Waals surface area contributed by atoms with Gasteiger partial charge in [-0.25, -0.2) is 0 Å². The Kier molecular flexibility index (Phi) is 38.6. The molecule has 7 fully saturated rings. The van der Waals surface area contributed by atoms with Crippen molar-refractivity contribution in [2.45, 2.75) is 293 Å². The lowest BCUT2D eigenvalue weighted by molar-refractivity contribution is -0.143. The summed E-state index contributed by atoms with van der Waals surface area (Å²) in [4.78, 5) is 213. The largest absolute Gasteiger partial charge is 0.343 e. The van der Waals surface area contributed by atoms with Gasteiger partial charge in [-0.05, 0) is 245 Å². The molecule has 4 aliphatic carbocycles. The van der Waals surface area contributed by atoms with Gasteiger partial charge in [-0.1, -0.05) is 102 Å². The molecule has 7 aliphatic rings. The van der Waals surface area contributed by atoms with Crippen LogP contribution in [0.3, 0.4) is 0 Å². The summed E-state index contributed by atoms with van der Waals surface area (Å²) in [7, 11) is 0. The van der Waals surface area contributed by atoms with Crippen molar-refractivity contribution in [2.75, 3.05) is 52.4 Å². The molecule has 0 aromatic heterocycles. The summed E-state index contributed by atoms with van der Waals surface area (Å²) in [5.41, 5.74) is 37.3. The second kappa shape index (κ2) is 48.0. The van der Waals surface area contributed by atoms with Gasteiger partial charge in [-0.2, -0.15) is 0 Å². The maximum absolute atomic E-state index is 15.6. The van der Waals surface area contributed by atoms with E-state index in [2.05, 4.69) is 63.8 Å². The molecule has 14 atom stereocenters. The average Bonchev–Trinajstić information content (AvgIpc) is 1.15. The molecule has 3 heterocycles. The normalized spacial score (nSPS) is 29.8. The fraction of sp³-hybridized carbons (Fsp3) is 0.701. The van der Waals surface area contributed by atoms with Gasteiger partial charge >= 0.3 is 0 Å². The van der Waals surface area contributed by atoms with Gasteiger partial charge in [0.2, 0.25) is 82.7 Å². The number of carbonyl (C=O) groups excluding carboxylic acids is 14. The van der Waals surface area contributed by atoms with E-state index in [1.165, 1.54) is 9.80 Å². The molecule has 3 aliphatic heterocycles. The van der Waals surface area contributed by atoms with E-state index in [9.17, 15) is 43.2 Å². The molecule has 4 saturated carbocycles. The molecule has 34 nitrogen and oxygen atoms in total. The molecule has 2 aromatic carbocycles. The second-order valence-electron chi connectivity index (χ2n) is 35.7. The average molecular weight is 1690 g/mol. The van der Waals surface area contributed by atoms with Gasteiger partial charge in [-0.15, -0.1) is 0 Å². The van der Waals surface area contributed by atoms with E-state index in [0.29, 0.717) is 41.7 Å². The van der Waals surface area contributed by atoms with Crippen LogP contribution in [0.5, 0.6) is 0 Å². The number of nitrogens with one attached hydrogen (secondary N) is 12. The Bertz CT molecular complexity index is 3760. The SMILES string of the molecule is CC(C)C[C@@H]1NC(=O)[C@H](CCCN)NC(=O)[C@H](C(C)C)NC(=O)[C@H](CCCN)NC(=O)[C@@H]2CCCN2C(=O)[C@@H](Cc2ccccc2)NC(=O)[C@H](CCCN)NC(=O)[C@H](CC23CC4CC(CC(C4)C2)C3)NC(=O)[C@H](CCCN)NC(=O)[C@H](C(C)C)NC(=O)[C@H](CCCN)NC(=O)[C@@H]2CCCN2C(=O)[C@@H](Cc2ccccc2)NC(=O)[C@H](CCCN)NC1=O. The van der Waals surface area contributed by atoms with E-state index in [1.807, 2.05) is 13.8 Å². The van der Waals surface area contributed by atoms with Crippen molar-refractivity contribution >= 4 is 82.7 Å². The molecule has 0 unspecified atom stereocenters. The number of amides is 14. The topological polar surface area (TPSA) is 546 Å². The first kappa shape index (κ1) is 97.2. The highest BCUT2D eigenvalue weighted by Crippen LogP contribution is 2.61. The number of hydrogen-bond donors (Lipinski definition) is 18. The Labute approximate surface area is 712 Å². The van der Waals surface area contributed by atoms with Crippen LogP contribution in [-0.4, -0.2) is 229 Å². The highest BCUT2D eigenvalue weighted by atomic mass is 16.2. The number of fused-ring (bicyclic) bond motifs is 2. The molecule has 2 aromatic rings.